The lowest BCUT2D eigenvalue weighted by Crippen LogP contribution is -2.53. The number of hydrogen-bond acceptors (Lipinski definition) is 4. The van der Waals surface area contributed by atoms with Gasteiger partial charge in [0.15, 0.2) is 5.69 Å². The molecule has 2 aliphatic carbocycles. The van der Waals surface area contributed by atoms with E-state index in [0.29, 0.717) is 28.2 Å². The van der Waals surface area contributed by atoms with Crippen molar-refractivity contribution in [3.63, 3.8) is 0 Å². The van der Waals surface area contributed by atoms with Crippen LogP contribution < -0.4 is 11.1 Å². The van der Waals surface area contributed by atoms with Crippen LogP contribution >= 0.6 is 24.0 Å². The van der Waals surface area contributed by atoms with Crippen LogP contribution in [0.3, 0.4) is 0 Å². The number of benzene rings is 1. The Morgan fingerprint density at radius 3 is 2.67 bits per heavy atom. The molecule has 4 rings (SSSR count). The summed E-state index contributed by atoms with van der Waals surface area (Å²) < 4.78 is 1.65. The van der Waals surface area contributed by atoms with Crippen molar-refractivity contribution in [2.45, 2.75) is 51.1 Å². The van der Waals surface area contributed by atoms with Crippen molar-refractivity contribution in [3.05, 3.63) is 40.7 Å². The molecule has 0 spiro atoms. The summed E-state index contributed by atoms with van der Waals surface area (Å²) in [6.07, 6.45) is 5.51. The quantitative estimate of drug-likeness (QED) is 0.813. The SMILES string of the molecule is Cc1c(C(=O)NC2C3CCCC2CC(N)C3)nnn1-c1cccc(Cl)c1.Cl. The number of halogens is 2. The van der Waals surface area contributed by atoms with Gasteiger partial charge in [-0.05, 0) is 62.6 Å². The van der Waals surface area contributed by atoms with E-state index >= 15 is 0 Å². The van der Waals surface area contributed by atoms with E-state index in [-0.39, 0.29) is 30.4 Å². The molecule has 0 aliphatic heterocycles. The predicted octanol–water partition coefficient (Wildman–Crippen LogP) is 3.29. The summed E-state index contributed by atoms with van der Waals surface area (Å²) in [6.45, 7) is 1.85. The fraction of sp³-hybridized carbons (Fsp3) is 0.526. The van der Waals surface area contributed by atoms with Crippen LogP contribution in [0.25, 0.3) is 5.69 Å². The molecule has 0 saturated heterocycles. The zero-order valence-corrected chi connectivity index (χ0v) is 16.8. The molecule has 0 radical (unpaired) electrons. The van der Waals surface area contributed by atoms with Gasteiger partial charge in [0.2, 0.25) is 0 Å². The highest BCUT2D eigenvalue weighted by Crippen LogP contribution is 2.39. The van der Waals surface area contributed by atoms with Gasteiger partial charge in [0, 0.05) is 17.1 Å². The Bertz CT molecular complexity index is 810. The van der Waals surface area contributed by atoms with Gasteiger partial charge < -0.3 is 11.1 Å². The van der Waals surface area contributed by atoms with E-state index in [0.717, 1.165) is 31.4 Å². The first-order chi connectivity index (χ1) is 12.5. The van der Waals surface area contributed by atoms with Gasteiger partial charge in [0.1, 0.15) is 0 Å². The molecule has 2 bridgehead atoms. The standard InChI is InChI=1S/C19H24ClN5O.ClH/c1-11-17(23-24-25(11)16-7-3-6-14(20)10-16)19(26)22-18-12-4-2-5-13(18)9-15(21)8-12;/h3,6-7,10,12-13,15,18H,2,4-5,8-9,21H2,1H3,(H,22,26);1H. The maximum Gasteiger partial charge on any atom is 0.274 e. The number of carbonyl (C=O) groups is 1. The van der Waals surface area contributed by atoms with Crippen molar-refractivity contribution in [1.29, 1.82) is 0 Å². The van der Waals surface area contributed by atoms with Gasteiger partial charge in [-0.1, -0.05) is 29.3 Å². The van der Waals surface area contributed by atoms with Crippen molar-refractivity contribution in [3.8, 4) is 5.69 Å². The molecule has 27 heavy (non-hydrogen) atoms. The monoisotopic (exact) mass is 409 g/mol. The van der Waals surface area contributed by atoms with Crippen LogP contribution in [0.4, 0.5) is 0 Å². The summed E-state index contributed by atoms with van der Waals surface area (Å²) in [6, 6.07) is 7.82. The molecule has 1 aromatic heterocycles. The average molecular weight is 410 g/mol. The number of aromatic nitrogens is 3. The molecular weight excluding hydrogens is 385 g/mol. The van der Waals surface area contributed by atoms with Gasteiger partial charge in [-0.25, -0.2) is 4.68 Å². The lowest BCUT2D eigenvalue weighted by atomic mass is 9.67. The Labute approximate surface area is 170 Å². The van der Waals surface area contributed by atoms with E-state index < -0.39 is 0 Å². The number of carbonyl (C=O) groups excluding carboxylic acids is 1. The molecule has 6 nitrogen and oxygen atoms in total. The third-order valence-electron chi connectivity index (χ3n) is 5.84. The van der Waals surface area contributed by atoms with Gasteiger partial charge in [-0.2, -0.15) is 0 Å². The molecule has 2 saturated carbocycles. The second-order valence-corrected chi connectivity index (χ2v) is 8.03. The molecule has 1 aromatic carbocycles. The highest BCUT2D eigenvalue weighted by molar-refractivity contribution is 6.30. The number of rotatable bonds is 3. The minimum absolute atomic E-state index is 0. The Morgan fingerprint density at radius 1 is 1.30 bits per heavy atom. The largest absolute Gasteiger partial charge is 0.347 e. The summed E-state index contributed by atoms with van der Waals surface area (Å²) in [7, 11) is 0. The summed E-state index contributed by atoms with van der Waals surface area (Å²) in [4.78, 5) is 12.9. The second-order valence-electron chi connectivity index (χ2n) is 7.60. The Hall–Kier alpha value is -1.63. The third kappa shape index (κ3) is 3.98. The Balaban J connectivity index is 0.00000210. The maximum atomic E-state index is 12.9. The molecule has 2 atom stereocenters. The van der Waals surface area contributed by atoms with E-state index in [1.165, 1.54) is 6.42 Å². The van der Waals surface area contributed by atoms with Crippen molar-refractivity contribution < 1.29 is 4.79 Å². The molecule has 1 heterocycles. The van der Waals surface area contributed by atoms with Crippen LogP contribution in [0.5, 0.6) is 0 Å². The van der Waals surface area contributed by atoms with Crippen LogP contribution in [0.15, 0.2) is 24.3 Å². The third-order valence-corrected chi connectivity index (χ3v) is 6.07. The van der Waals surface area contributed by atoms with Crippen LogP contribution in [-0.2, 0) is 0 Å². The van der Waals surface area contributed by atoms with Crippen LogP contribution in [0.1, 0.15) is 48.3 Å². The molecule has 3 N–H and O–H groups in total. The zero-order chi connectivity index (χ0) is 18.3. The average Bonchev–Trinajstić information content (AvgIpc) is 2.97. The molecule has 2 unspecified atom stereocenters. The van der Waals surface area contributed by atoms with Gasteiger partial charge in [-0.3, -0.25) is 4.79 Å². The van der Waals surface area contributed by atoms with Gasteiger partial charge in [0.25, 0.3) is 5.91 Å². The number of nitrogens with zero attached hydrogens (tertiary/aromatic N) is 3. The van der Waals surface area contributed by atoms with Crippen LogP contribution in [0.2, 0.25) is 5.02 Å². The number of amides is 1. The minimum atomic E-state index is -0.145. The molecular formula is C19H25Cl2N5O. The van der Waals surface area contributed by atoms with E-state index in [1.54, 1.807) is 16.8 Å². The van der Waals surface area contributed by atoms with Crippen molar-refractivity contribution in [1.82, 2.24) is 20.3 Å². The van der Waals surface area contributed by atoms with E-state index in [2.05, 4.69) is 15.6 Å². The number of nitrogens with two attached hydrogens (primary N) is 1. The zero-order valence-electron chi connectivity index (χ0n) is 15.3. The van der Waals surface area contributed by atoms with Gasteiger partial charge in [0.05, 0.1) is 11.4 Å². The molecule has 2 aliphatic rings. The lowest BCUT2D eigenvalue weighted by molar-refractivity contribution is 0.0751. The molecule has 146 valence electrons. The maximum absolute atomic E-state index is 12.9. The van der Waals surface area contributed by atoms with Gasteiger partial charge >= 0.3 is 0 Å². The fourth-order valence-electron chi connectivity index (χ4n) is 4.64. The number of fused-ring (bicyclic) bond motifs is 2. The highest BCUT2D eigenvalue weighted by atomic mass is 35.5. The Morgan fingerprint density at radius 2 is 2.00 bits per heavy atom. The summed E-state index contributed by atoms with van der Waals surface area (Å²) in [5, 5.41) is 12.1. The molecule has 2 fully saturated rings. The first-order valence-electron chi connectivity index (χ1n) is 9.27. The van der Waals surface area contributed by atoms with Crippen molar-refractivity contribution >= 4 is 29.9 Å². The first kappa shape index (κ1) is 20.1. The topological polar surface area (TPSA) is 85.8 Å². The van der Waals surface area contributed by atoms with Crippen LogP contribution in [-0.4, -0.2) is 33.0 Å². The predicted molar refractivity (Wildman–Crippen MR) is 108 cm³/mol. The molecule has 2 aromatic rings. The van der Waals surface area contributed by atoms with Crippen molar-refractivity contribution in [2.75, 3.05) is 0 Å². The second kappa shape index (κ2) is 8.17. The minimum Gasteiger partial charge on any atom is -0.347 e. The Kier molecular flexibility index (Phi) is 6.08. The highest BCUT2D eigenvalue weighted by Gasteiger charge is 2.40. The number of hydrogen-bond donors (Lipinski definition) is 2. The van der Waals surface area contributed by atoms with Crippen LogP contribution in [0, 0.1) is 18.8 Å². The van der Waals surface area contributed by atoms with E-state index in [9.17, 15) is 4.79 Å². The summed E-state index contributed by atoms with van der Waals surface area (Å²) >= 11 is 6.06. The van der Waals surface area contributed by atoms with E-state index in [1.807, 2.05) is 19.1 Å². The summed E-state index contributed by atoms with van der Waals surface area (Å²) in [5.41, 5.74) is 8.06. The number of nitrogens with one attached hydrogen (secondary N) is 1. The summed E-state index contributed by atoms with van der Waals surface area (Å²) in [5.74, 6) is 0.808. The smallest absolute Gasteiger partial charge is 0.274 e. The fourth-order valence-corrected chi connectivity index (χ4v) is 4.82. The van der Waals surface area contributed by atoms with Gasteiger partial charge in [-0.15, -0.1) is 17.5 Å². The van der Waals surface area contributed by atoms with E-state index in [4.69, 9.17) is 17.3 Å². The van der Waals surface area contributed by atoms with Crippen molar-refractivity contribution in [2.24, 2.45) is 17.6 Å². The first-order valence-corrected chi connectivity index (χ1v) is 9.65. The lowest BCUT2D eigenvalue weighted by Gasteiger charge is -2.45. The molecule has 8 heteroatoms. The normalized spacial score (nSPS) is 26.9. The molecule has 1 amide bonds.